The van der Waals surface area contributed by atoms with Gasteiger partial charge in [-0.2, -0.15) is 0 Å². The van der Waals surface area contributed by atoms with Crippen molar-refractivity contribution in [2.75, 3.05) is 13.2 Å². The Morgan fingerprint density at radius 3 is 1.59 bits per heavy atom. The molecule has 0 spiro atoms. The van der Waals surface area contributed by atoms with E-state index in [0.29, 0.717) is 37.8 Å². The molecule has 1 N–H and O–H groups in total. The predicted molar refractivity (Wildman–Crippen MR) is 171 cm³/mol. The average molecular weight is 607 g/mol. The third-order valence-electron chi connectivity index (χ3n) is 8.90. The van der Waals surface area contributed by atoms with Gasteiger partial charge in [-0.3, -0.25) is 4.90 Å². The van der Waals surface area contributed by atoms with Gasteiger partial charge in [0.15, 0.2) is 0 Å². The second-order valence-corrected chi connectivity index (χ2v) is 15.0. The number of carbonyl (C=O) groups excluding carboxylic acids is 3. The van der Waals surface area contributed by atoms with E-state index in [1.807, 2.05) is 25.1 Å². The van der Waals surface area contributed by atoms with E-state index in [0.717, 1.165) is 5.56 Å². The first-order chi connectivity index (χ1) is 20.4. The Kier molecular flexibility index (Phi) is 9.67. The summed E-state index contributed by atoms with van der Waals surface area (Å²) in [5.74, 6) is -1.36. The van der Waals surface area contributed by atoms with E-state index in [2.05, 4.69) is 65.6 Å². The fraction of sp³-hybridized carbons (Fsp3) is 0.583. The lowest BCUT2D eigenvalue weighted by molar-refractivity contribution is -0.0927. The summed E-state index contributed by atoms with van der Waals surface area (Å²) in [6, 6.07) is 14.1. The van der Waals surface area contributed by atoms with Crippen LogP contribution in [0.5, 0.6) is 0 Å². The first-order valence-electron chi connectivity index (χ1n) is 15.7. The van der Waals surface area contributed by atoms with E-state index in [-0.39, 0.29) is 58.1 Å². The van der Waals surface area contributed by atoms with Crippen molar-refractivity contribution in [3.8, 4) is 0 Å². The molecule has 2 heterocycles. The third kappa shape index (κ3) is 8.07. The van der Waals surface area contributed by atoms with Crippen molar-refractivity contribution in [1.82, 2.24) is 10.2 Å². The van der Waals surface area contributed by atoms with Gasteiger partial charge in [-0.15, -0.1) is 0 Å². The molecule has 44 heavy (non-hydrogen) atoms. The maximum Gasteiger partial charge on any atom is 0.339 e. The van der Waals surface area contributed by atoms with E-state index >= 15 is 0 Å². The van der Waals surface area contributed by atoms with Crippen molar-refractivity contribution in [2.45, 2.75) is 122 Å². The number of hydrogen-bond donors (Lipinski definition) is 1. The molecular weight excluding hydrogens is 556 g/mol. The predicted octanol–water partition coefficient (Wildman–Crippen LogP) is 6.50. The smallest absolute Gasteiger partial charge is 0.339 e. The summed E-state index contributed by atoms with van der Waals surface area (Å²) in [7, 11) is 0. The van der Waals surface area contributed by atoms with Gasteiger partial charge in [0.2, 0.25) is 0 Å². The summed E-state index contributed by atoms with van der Waals surface area (Å²) in [6.45, 7) is 19.6. The molecule has 0 atom stereocenters. The molecule has 2 aliphatic rings. The van der Waals surface area contributed by atoms with Gasteiger partial charge in [-0.05, 0) is 86.1 Å². The Bertz CT molecular complexity index is 1340. The number of nitrogens with one attached hydrogen (secondary N) is 1. The van der Waals surface area contributed by atoms with Crippen molar-refractivity contribution in [2.24, 2.45) is 0 Å². The van der Waals surface area contributed by atoms with Gasteiger partial charge in [-0.1, -0.05) is 30.3 Å². The zero-order chi connectivity index (χ0) is 32.5. The van der Waals surface area contributed by atoms with E-state index in [4.69, 9.17) is 14.2 Å². The molecule has 2 aromatic rings. The molecule has 8 heteroatoms. The molecule has 0 aromatic heterocycles. The Hall–Kier alpha value is -3.23. The summed E-state index contributed by atoms with van der Waals surface area (Å²) in [5.41, 5.74) is 0.858. The molecule has 2 fully saturated rings. The second-order valence-electron chi connectivity index (χ2n) is 15.0. The maximum atomic E-state index is 13.5. The first kappa shape index (κ1) is 33.7. The van der Waals surface area contributed by atoms with Crippen LogP contribution in [0.1, 0.15) is 118 Å². The molecule has 0 saturated carbocycles. The molecule has 0 amide bonds. The van der Waals surface area contributed by atoms with Gasteiger partial charge in [-0.25, -0.2) is 14.4 Å². The Morgan fingerprint density at radius 1 is 0.682 bits per heavy atom. The van der Waals surface area contributed by atoms with Crippen LogP contribution in [-0.2, 0) is 14.2 Å². The molecule has 8 nitrogen and oxygen atoms in total. The number of hydrogen-bond acceptors (Lipinski definition) is 8. The lowest BCUT2D eigenvalue weighted by atomic mass is 9.78. The minimum atomic E-state index is -0.527. The second kappa shape index (κ2) is 12.6. The fourth-order valence-electron chi connectivity index (χ4n) is 7.60. The quantitative estimate of drug-likeness (QED) is 0.269. The van der Waals surface area contributed by atoms with Crippen LogP contribution < -0.4 is 5.32 Å². The molecule has 240 valence electrons. The van der Waals surface area contributed by atoms with Gasteiger partial charge < -0.3 is 19.5 Å². The van der Waals surface area contributed by atoms with Crippen LogP contribution in [0.15, 0.2) is 48.5 Å². The van der Waals surface area contributed by atoms with Crippen molar-refractivity contribution >= 4 is 17.9 Å². The van der Waals surface area contributed by atoms with Gasteiger partial charge >= 0.3 is 17.9 Å². The van der Waals surface area contributed by atoms with Crippen LogP contribution in [0.2, 0.25) is 0 Å². The average Bonchev–Trinajstić information content (AvgIpc) is 2.87. The fourth-order valence-corrected chi connectivity index (χ4v) is 7.60. The number of rotatable bonds is 8. The third-order valence-corrected chi connectivity index (χ3v) is 8.90. The van der Waals surface area contributed by atoms with Crippen LogP contribution in [0.3, 0.4) is 0 Å². The minimum Gasteiger partial charge on any atom is -0.461 e. The highest BCUT2D eigenvalue weighted by molar-refractivity contribution is 6.03. The normalized spacial score (nSPS) is 21.3. The molecular formula is C36H50N2O6. The van der Waals surface area contributed by atoms with Crippen LogP contribution >= 0.6 is 0 Å². The highest BCUT2D eigenvalue weighted by Crippen LogP contribution is 2.40. The minimum absolute atomic E-state index is 0.178. The topological polar surface area (TPSA) is 94.2 Å². The first-order valence-corrected chi connectivity index (χ1v) is 15.7. The van der Waals surface area contributed by atoms with Gasteiger partial charge in [0.25, 0.3) is 0 Å². The summed E-state index contributed by atoms with van der Waals surface area (Å²) in [6.07, 6.45) is 1.94. The number of aryl methyl sites for hydroxylation is 1. The number of esters is 3. The van der Waals surface area contributed by atoms with Gasteiger partial charge in [0.05, 0.1) is 16.7 Å². The van der Waals surface area contributed by atoms with E-state index in [1.54, 1.807) is 30.3 Å². The number of piperidine rings is 2. The summed E-state index contributed by atoms with van der Waals surface area (Å²) in [5, 5.41) is 3.60. The molecule has 0 unspecified atom stereocenters. The number of ether oxygens (including phenoxy) is 3. The van der Waals surface area contributed by atoms with E-state index in [1.165, 1.54) is 0 Å². The SMILES string of the molecule is Cc1ccccc1C(=O)OCCN1C(C)(C)CC(OC(=O)c2ccccc2C(=O)OC2CC(C)(C)NC(C)(C)C2)CC1(C)C. The van der Waals surface area contributed by atoms with Crippen molar-refractivity contribution in [3.63, 3.8) is 0 Å². The van der Waals surface area contributed by atoms with E-state index in [9.17, 15) is 14.4 Å². The van der Waals surface area contributed by atoms with Crippen molar-refractivity contribution in [1.29, 1.82) is 0 Å². The summed E-state index contributed by atoms with van der Waals surface area (Å²) >= 11 is 0. The van der Waals surface area contributed by atoms with Crippen molar-refractivity contribution < 1.29 is 28.6 Å². The Morgan fingerprint density at radius 2 is 1.11 bits per heavy atom. The lowest BCUT2D eigenvalue weighted by Crippen LogP contribution is -2.63. The van der Waals surface area contributed by atoms with Crippen LogP contribution in [-0.4, -0.2) is 70.3 Å². The monoisotopic (exact) mass is 606 g/mol. The number of benzene rings is 2. The molecule has 2 saturated heterocycles. The van der Waals surface area contributed by atoms with Crippen LogP contribution in [0.4, 0.5) is 0 Å². The molecule has 4 rings (SSSR count). The standard InChI is InChI=1S/C36H50N2O6/c1-24-14-10-11-15-27(24)30(39)42-19-18-38-35(6,7)22-26(23-36(38,8)9)44-32(41)29-17-13-12-16-28(29)31(40)43-25-20-33(2,3)37-34(4,5)21-25/h10-17,25-26,37H,18-23H2,1-9H3. The zero-order valence-electron chi connectivity index (χ0n) is 27.9. The lowest BCUT2D eigenvalue weighted by Gasteiger charge is -2.54. The summed E-state index contributed by atoms with van der Waals surface area (Å²) in [4.78, 5) is 41.9. The largest absolute Gasteiger partial charge is 0.461 e. The Balaban J connectivity index is 1.39. The van der Waals surface area contributed by atoms with Gasteiger partial charge in [0.1, 0.15) is 18.8 Å². The van der Waals surface area contributed by atoms with Crippen LogP contribution in [0.25, 0.3) is 0 Å². The highest BCUT2D eigenvalue weighted by atomic mass is 16.6. The molecule has 2 aromatic carbocycles. The molecule has 0 radical (unpaired) electrons. The zero-order valence-corrected chi connectivity index (χ0v) is 27.9. The molecule has 0 aliphatic carbocycles. The molecule has 2 aliphatic heterocycles. The Labute approximate surface area is 262 Å². The van der Waals surface area contributed by atoms with E-state index < -0.39 is 11.9 Å². The van der Waals surface area contributed by atoms with Crippen molar-refractivity contribution in [3.05, 3.63) is 70.8 Å². The number of likely N-dealkylation sites (tertiary alicyclic amines) is 1. The van der Waals surface area contributed by atoms with Crippen LogP contribution in [0, 0.1) is 6.92 Å². The maximum absolute atomic E-state index is 13.5. The highest BCUT2D eigenvalue weighted by Gasteiger charge is 2.47. The number of carbonyl (C=O) groups is 3. The van der Waals surface area contributed by atoms with Gasteiger partial charge in [0, 0.05) is 54.4 Å². The molecule has 0 bridgehead atoms. The summed E-state index contributed by atoms with van der Waals surface area (Å²) < 4.78 is 17.7. The number of nitrogens with zero attached hydrogens (tertiary/aromatic N) is 1.